The summed E-state index contributed by atoms with van der Waals surface area (Å²) in [5, 5.41) is 9.25. The van der Waals surface area contributed by atoms with Gasteiger partial charge in [-0.05, 0) is 30.2 Å². The summed E-state index contributed by atoms with van der Waals surface area (Å²) in [7, 11) is 0. The van der Waals surface area contributed by atoms with Gasteiger partial charge in [0, 0.05) is 12.0 Å². The fourth-order valence-corrected chi connectivity index (χ4v) is 1.77. The highest BCUT2D eigenvalue weighted by Gasteiger charge is 2.12. The van der Waals surface area contributed by atoms with Gasteiger partial charge in [0.1, 0.15) is 6.61 Å². The van der Waals surface area contributed by atoms with E-state index in [0.29, 0.717) is 23.5 Å². The quantitative estimate of drug-likeness (QED) is 0.643. The summed E-state index contributed by atoms with van der Waals surface area (Å²) < 4.78 is 15.5. The number of hydrogen-bond donors (Lipinski definition) is 1. The van der Waals surface area contributed by atoms with E-state index in [1.165, 1.54) is 0 Å². The van der Waals surface area contributed by atoms with Crippen LogP contribution < -0.4 is 9.47 Å². The Kier molecular flexibility index (Phi) is 5.43. The van der Waals surface area contributed by atoms with Gasteiger partial charge in [-0.15, -0.1) is 5.73 Å². The summed E-state index contributed by atoms with van der Waals surface area (Å²) >= 11 is 0. The third-order valence-electron chi connectivity index (χ3n) is 2.89. The number of fused-ring (bicyclic) bond motifs is 1. The second-order valence-corrected chi connectivity index (χ2v) is 4.57. The third kappa shape index (κ3) is 4.38. The van der Waals surface area contributed by atoms with Crippen LogP contribution in [0.15, 0.2) is 29.5 Å². The summed E-state index contributed by atoms with van der Waals surface area (Å²) in [6.45, 7) is 1.98. The zero-order valence-electron chi connectivity index (χ0n) is 11.9. The van der Waals surface area contributed by atoms with E-state index in [9.17, 15) is 9.90 Å². The summed E-state index contributed by atoms with van der Waals surface area (Å²) in [6, 6.07) is 5.50. The van der Waals surface area contributed by atoms with Gasteiger partial charge < -0.3 is 19.3 Å². The monoisotopic (exact) mass is 290 g/mol. The first kappa shape index (κ1) is 15.2. The molecule has 0 bridgehead atoms. The molecule has 1 aromatic carbocycles. The normalized spacial score (nSPS) is 11.7. The fraction of sp³-hybridized carbons (Fsp3) is 0.375. The molecule has 0 radical (unpaired) electrons. The van der Waals surface area contributed by atoms with Gasteiger partial charge in [-0.3, -0.25) is 4.79 Å². The average molecular weight is 290 g/mol. The Hall–Kier alpha value is -2.23. The number of rotatable bonds is 6. The molecule has 0 saturated carbocycles. The molecule has 0 fully saturated rings. The number of carbonyl (C=O) groups excluding carboxylic acids is 1. The molecular formula is C16H18O5. The van der Waals surface area contributed by atoms with Crippen molar-refractivity contribution >= 4 is 12.0 Å². The van der Waals surface area contributed by atoms with Crippen LogP contribution >= 0.6 is 0 Å². The zero-order valence-corrected chi connectivity index (χ0v) is 11.9. The van der Waals surface area contributed by atoms with E-state index >= 15 is 0 Å². The van der Waals surface area contributed by atoms with Crippen molar-refractivity contribution in [3.05, 3.63) is 35.1 Å². The van der Waals surface area contributed by atoms with E-state index in [1.807, 2.05) is 25.1 Å². The average Bonchev–Trinajstić information content (AvgIpc) is 2.95. The lowest BCUT2D eigenvalue weighted by Crippen LogP contribution is -2.08. The molecule has 112 valence electrons. The number of carbonyl (C=O) groups is 1. The van der Waals surface area contributed by atoms with Crippen molar-refractivity contribution in [3.8, 4) is 11.5 Å². The van der Waals surface area contributed by atoms with E-state index < -0.39 is 0 Å². The summed E-state index contributed by atoms with van der Waals surface area (Å²) in [5.41, 5.74) is 4.32. The van der Waals surface area contributed by atoms with E-state index in [0.717, 1.165) is 12.0 Å². The first-order valence-corrected chi connectivity index (χ1v) is 6.83. The standard InChI is InChI=1S/C16H18O5/c1-2-3-16(18)19-10-13(9-17)5-4-12-6-7-14-15(8-12)21-11-20-14/h4,6-8,17H,2-3,9-11H2,1H3. The molecule has 0 aliphatic carbocycles. The Morgan fingerprint density at radius 2 is 2.24 bits per heavy atom. The molecule has 1 N–H and O–H groups in total. The lowest BCUT2D eigenvalue weighted by molar-refractivity contribution is -0.142. The first-order valence-electron chi connectivity index (χ1n) is 6.83. The van der Waals surface area contributed by atoms with Crippen LogP contribution in [-0.2, 0) is 9.53 Å². The van der Waals surface area contributed by atoms with Gasteiger partial charge in [0.2, 0.25) is 6.79 Å². The number of aliphatic hydroxyl groups is 1. The molecule has 0 atom stereocenters. The van der Waals surface area contributed by atoms with Crippen LogP contribution in [-0.4, -0.2) is 31.1 Å². The van der Waals surface area contributed by atoms with Crippen molar-refractivity contribution in [1.29, 1.82) is 0 Å². The smallest absolute Gasteiger partial charge is 0.306 e. The predicted molar refractivity (Wildman–Crippen MR) is 77.0 cm³/mol. The number of esters is 1. The lowest BCUT2D eigenvalue weighted by atomic mass is 10.2. The van der Waals surface area contributed by atoms with Crippen molar-refractivity contribution < 1.29 is 24.1 Å². The zero-order chi connectivity index (χ0) is 15.1. The van der Waals surface area contributed by atoms with Gasteiger partial charge in [0.15, 0.2) is 11.5 Å². The Labute approximate surface area is 123 Å². The van der Waals surface area contributed by atoms with Crippen molar-refractivity contribution in [2.75, 3.05) is 20.0 Å². The van der Waals surface area contributed by atoms with Crippen LogP contribution in [0.25, 0.3) is 6.08 Å². The molecule has 0 saturated heterocycles. The highest BCUT2D eigenvalue weighted by Crippen LogP contribution is 2.32. The Balaban J connectivity index is 2.03. The molecule has 1 aliphatic heterocycles. The number of aliphatic hydroxyl groups excluding tert-OH is 1. The maximum absolute atomic E-state index is 11.3. The largest absolute Gasteiger partial charge is 0.460 e. The fourth-order valence-electron chi connectivity index (χ4n) is 1.77. The maximum Gasteiger partial charge on any atom is 0.306 e. The van der Waals surface area contributed by atoms with Crippen molar-refractivity contribution in [2.24, 2.45) is 0 Å². The molecule has 1 aliphatic rings. The lowest BCUT2D eigenvalue weighted by Gasteiger charge is -2.03. The molecular weight excluding hydrogens is 272 g/mol. The summed E-state index contributed by atoms with van der Waals surface area (Å²) in [6.07, 6.45) is 2.83. The van der Waals surface area contributed by atoms with E-state index in [2.05, 4.69) is 5.73 Å². The van der Waals surface area contributed by atoms with Crippen molar-refractivity contribution in [1.82, 2.24) is 0 Å². The molecule has 0 unspecified atom stereocenters. The van der Waals surface area contributed by atoms with E-state index in [-0.39, 0.29) is 26.0 Å². The molecule has 0 amide bonds. The first-order chi connectivity index (χ1) is 10.2. The molecule has 21 heavy (non-hydrogen) atoms. The highest BCUT2D eigenvalue weighted by atomic mass is 16.7. The Morgan fingerprint density at radius 3 is 3.00 bits per heavy atom. The topological polar surface area (TPSA) is 65.0 Å². The Bertz CT molecular complexity index is 570. The van der Waals surface area contributed by atoms with E-state index in [1.54, 1.807) is 6.08 Å². The van der Waals surface area contributed by atoms with Gasteiger partial charge in [0.25, 0.3) is 0 Å². The molecule has 5 heteroatoms. The van der Waals surface area contributed by atoms with Gasteiger partial charge in [-0.25, -0.2) is 0 Å². The molecule has 2 rings (SSSR count). The van der Waals surface area contributed by atoms with Gasteiger partial charge >= 0.3 is 5.97 Å². The van der Waals surface area contributed by atoms with E-state index in [4.69, 9.17) is 14.2 Å². The molecule has 0 aromatic heterocycles. The van der Waals surface area contributed by atoms with Crippen LogP contribution in [0.2, 0.25) is 0 Å². The maximum atomic E-state index is 11.3. The number of hydrogen-bond acceptors (Lipinski definition) is 5. The van der Waals surface area contributed by atoms with Crippen molar-refractivity contribution in [3.63, 3.8) is 0 Å². The molecule has 0 spiro atoms. The minimum atomic E-state index is -0.270. The Morgan fingerprint density at radius 1 is 1.43 bits per heavy atom. The van der Waals surface area contributed by atoms with Crippen LogP contribution in [0.4, 0.5) is 0 Å². The van der Waals surface area contributed by atoms with Crippen LogP contribution in [0.5, 0.6) is 11.5 Å². The van der Waals surface area contributed by atoms with Crippen LogP contribution in [0, 0.1) is 0 Å². The number of ether oxygens (including phenoxy) is 3. The minimum absolute atomic E-state index is 0.0520. The van der Waals surface area contributed by atoms with Gasteiger partial charge in [-0.2, -0.15) is 0 Å². The van der Waals surface area contributed by atoms with Crippen molar-refractivity contribution in [2.45, 2.75) is 19.8 Å². The minimum Gasteiger partial charge on any atom is -0.460 e. The molecule has 1 aromatic rings. The van der Waals surface area contributed by atoms with Gasteiger partial charge in [-0.1, -0.05) is 13.0 Å². The van der Waals surface area contributed by atoms with Gasteiger partial charge in [0.05, 0.1) is 6.61 Å². The SMILES string of the molecule is CCCC(=O)OCC(=C=Cc1ccc2c(c1)OCO2)CO. The van der Waals surface area contributed by atoms with Crippen LogP contribution in [0.3, 0.4) is 0 Å². The predicted octanol–water partition coefficient (Wildman–Crippen LogP) is 2.29. The molecule has 1 heterocycles. The summed E-state index contributed by atoms with van der Waals surface area (Å²) in [5.74, 6) is 1.13. The second-order valence-electron chi connectivity index (χ2n) is 4.57. The molecule has 5 nitrogen and oxygen atoms in total. The third-order valence-corrected chi connectivity index (χ3v) is 2.89. The summed E-state index contributed by atoms with van der Waals surface area (Å²) in [4.78, 5) is 11.3. The number of benzene rings is 1. The second kappa shape index (κ2) is 7.53. The van der Waals surface area contributed by atoms with Crippen LogP contribution in [0.1, 0.15) is 25.3 Å². The highest BCUT2D eigenvalue weighted by molar-refractivity contribution is 5.69.